The number of carboxylic acids is 1. The molecule has 0 saturated carbocycles. The second-order valence-electron chi connectivity index (χ2n) is 7.67. The van der Waals surface area contributed by atoms with Crippen LogP contribution in [0.3, 0.4) is 0 Å². The molecule has 1 saturated heterocycles. The van der Waals surface area contributed by atoms with Crippen LogP contribution in [0.25, 0.3) is 22.3 Å². The SMILES string of the molecule is COc1cc(O)cc2oc(-c3ccc(O)c(O)c3)c(O[C@@H]3O[C@H](C(=O)O)[C@@H](O)[C@H](O)[C@H]3O)c(=O)c12. The van der Waals surface area contributed by atoms with Gasteiger partial charge in [-0.05, 0) is 18.2 Å². The quantitative estimate of drug-likeness (QED) is 0.231. The van der Waals surface area contributed by atoms with Crippen LogP contribution in [-0.4, -0.2) is 79.5 Å². The molecule has 7 N–H and O–H groups in total. The van der Waals surface area contributed by atoms with Gasteiger partial charge < -0.3 is 54.4 Å². The Bertz CT molecular complexity index is 1350. The second kappa shape index (κ2) is 8.96. The van der Waals surface area contributed by atoms with Crippen molar-refractivity contribution in [2.24, 2.45) is 0 Å². The standard InChI is InChI=1S/C22H20O13/c1-32-11-5-8(23)6-12-13(11)14(26)19(18(33-12)7-2-3-9(24)10(25)4-7)34-22-17(29)15(27)16(28)20(35-22)21(30)31/h2-6,15-17,20,22-25,27-29H,1H3,(H,30,31)/t15-,16-,17+,20-,22+/m0/s1. The number of hydrogen-bond acceptors (Lipinski definition) is 12. The number of fused-ring (bicyclic) bond motifs is 1. The highest BCUT2D eigenvalue weighted by Crippen LogP contribution is 2.39. The molecule has 13 heteroatoms. The molecule has 1 aromatic heterocycles. The molecule has 13 nitrogen and oxygen atoms in total. The van der Waals surface area contributed by atoms with Gasteiger partial charge in [0, 0.05) is 17.7 Å². The lowest BCUT2D eigenvalue weighted by Crippen LogP contribution is -2.61. The van der Waals surface area contributed by atoms with E-state index >= 15 is 0 Å². The molecule has 0 spiro atoms. The second-order valence-corrected chi connectivity index (χ2v) is 7.67. The molecule has 0 unspecified atom stereocenters. The monoisotopic (exact) mass is 492 g/mol. The van der Waals surface area contributed by atoms with Gasteiger partial charge in [-0.15, -0.1) is 0 Å². The minimum absolute atomic E-state index is 0.00252. The largest absolute Gasteiger partial charge is 0.508 e. The third-order valence-electron chi connectivity index (χ3n) is 5.41. The molecule has 1 fully saturated rings. The zero-order valence-corrected chi connectivity index (χ0v) is 17.9. The number of aromatic hydroxyl groups is 3. The van der Waals surface area contributed by atoms with Crippen LogP contribution < -0.4 is 14.9 Å². The number of aliphatic hydroxyl groups excluding tert-OH is 3. The highest BCUT2D eigenvalue weighted by atomic mass is 16.7. The van der Waals surface area contributed by atoms with Gasteiger partial charge in [0.25, 0.3) is 0 Å². The first-order valence-corrected chi connectivity index (χ1v) is 10.0. The number of methoxy groups -OCH3 is 1. The number of phenolic OH excluding ortho intramolecular Hbond substituents is 3. The fourth-order valence-corrected chi connectivity index (χ4v) is 3.64. The van der Waals surface area contributed by atoms with Gasteiger partial charge in [-0.2, -0.15) is 0 Å². The number of rotatable bonds is 5. The van der Waals surface area contributed by atoms with Crippen LogP contribution in [0.4, 0.5) is 0 Å². The topological polar surface area (TPSA) is 217 Å². The van der Waals surface area contributed by atoms with Crippen molar-refractivity contribution >= 4 is 16.9 Å². The molecule has 5 atom stereocenters. The van der Waals surface area contributed by atoms with Crippen molar-refractivity contribution in [3.63, 3.8) is 0 Å². The van der Waals surface area contributed by atoms with Crippen LogP contribution in [0.5, 0.6) is 28.7 Å². The highest BCUT2D eigenvalue weighted by molar-refractivity contribution is 5.88. The van der Waals surface area contributed by atoms with Crippen molar-refractivity contribution in [3.8, 4) is 40.1 Å². The van der Waals surface area contributed by atoms with Crippen LogP contribution in [0.2, 0.25) is 0 Å². The van der Waals surface area contributed by atoms with Gasteiger partial charge in [-0.25, -0.2) is 4.79 Å². The number of carbonyl (C=O) groups is 1. The van der Waals surface area contributed by atoms with E-state index in [0.29, 0.717) is 0 Å². The summed E-state index contributed by atoms with van der Waals surface area (Å²) < 4.78 is 21.5. The Labute approximate surface area is 195 Å². The lowest BCUT2D eigenvalue weighted by atomic mass is 9.99. The molecule has 1 aliphatic rings. The van der Waals surface area contributed by atoms with E-state index in [1.54, 1.807) is 0 Å². The third-order valence-corrected chi connectivity index (χ3v) is 5.41. The number of hydrogen-bond donors (Lipinski definition) is 7. The summed E-state index contributed by atoms with van der Waals surface area (Å²) in [7, 11) is 1.23. The van der Waals surface area contributed by atoms with E-state index in [-0.39, 0.29) is 33.8 Å². The number of phenols is 3. The first-order valence-electron chi connectivity index (χ1n) is 10.0. The predicted octanol–water partition coefficient (Wildman–Crippen LogP) is -0.144. The molecule has 35 heavy (non-hydrogen) atoms. The zero-order chi connectivity index (χ0) is 25.6. The van der Waals surface area contributed by atoms with Gasteiger partial charge in [-0.3, -0.25) is 4.79 Å². The van der Waals surface area contributed by atoms with E-state index in [1.807, 2.05) is 0 Å². The molecular formula is C22H20O13. The Morgan fingerprint density at radius 2 is 1.69 bits per heavy atom. The Morgan fingerprint density at radius 3 is 2.31 bits per heavy atom. The molecule has 2 aromatic carbocycles. The Kier molecular flexibility index (Phi) is 6.17. The fraction of sp³-hybridized carbons (Fsp3) is 0.273. The summed E-state index contributed by atoms with van der Waals surface area (Å²) in [5.41, 5.74) is -1.07. The number of ether oxygens (including phenoxy) is 3. The smallest absolute Gasteiger partial charge is 0.335 e. The first-order chi connectivity index (χ1) is 16.5. The van der Waals surface area contributed by atoms with Gasteiger partial charge in [0.1, 0.15) is 40.8 Å². The lowest BCUT2D eigenvalue weighted by molar-refractivity contribution is -0.271. The first kappa shape index (κ1) is 24.1. The van der Waals surface area contributed by atoms with E-state index in [4.69, 9.17) is 18.6 Å². The van der Waals surface area contributed by atoms with Crippen LogP contribution >= 0.6 is 0 Å². The average Bonchev–Trinajstić information content (AvgIpc) is 2.81. The van der Waals surface area contributed by atoms with Crippen molar-refractivity contribution in [2.45, 2.75) is 30.7 Å². The van der Waals surface area contributed by atoms with E-state index in [1.165, 1.54) is 13.2 Å². The van der Waals surface area contributed by atoms with E-state index in [0.717, 1.165) is 24.3 Å². The Hall–Kier alpha value is -4.04. The maximum atomic E-state index is 13.5. The molecular weight excluding hydrogens is 472 g/mol. The normalized spacial score (nSPS) is 24.3. The van der Waals surface area contributed by atoms with E-state index in [2.05, 4.69) is 0 Å². The number of carboxylic acid groups (broad SMARTS) is 1. The summed E-state index contributed by atoms with van der Waals surface area (Å²) in [4.78, 5) is 24.9. The number of aliphatic carboxylic acids is 1. The van der Waals surface area contributed by atoms with E-state index in [9.17, 15) is 45.3 Å². The minimum atomic E-state index is -2.00. The molecule has 0 bridgehead atoms. The fourth-order valence-electron chi connectivity index (χ4n) is 3.64. The van der Waals surface area contributed by atoms with Crippen molar-refractivity contribution in [3.05, 3.63) is 40.6 Å². The van der Waals surface area contributed by atoms with Crippen molar-refractivity contribution < 1.29 is 59.2 Å². The molecule has 4 rings (SSSR count). The number of benzene rings is 2. The van der Waals surface area contributed by atoms with Crippen molar-refractivity contribution in [2.75, 3.05) is 7.11 Å². The molecule has 1 aliphatic heterocycles. The molecule has 0 radical (unpaired) electrons. The van der Waals surface area contributed by atoms with Crippen LogP contribution in [0, 0.1) is 0 Å². The van der Waals surface area contributed by atoms with Gasteiger partial charge >= 0.3 is 5.97 Å². The zero-order valence-electron chi connectivity index (χ0n) is 17.9. The summed E-state index contributed by atoms with van der Waals surface area (Å²) in [6, 6.07) is 5.61. The van der Waals surface area contributed by atoms with Gasteiger partial charge in [-0.1, -0.05) is 0 Å². The van der Waals surface area contributed by atoms with Gasteiger partial charge in [0.15, 0.2) is 23.4 Å². The Balaban J connectivity index is 1.93. The maximum absolute atomic E-state index is 13.5. The Morgan fingerprint density at radius 1 is 0.971 bits per heavy atom. The molecule has 186 valence electrons. The average molecular weight is 492 g/mol. The van der Waals surface area contributed by atoms with Gasteiger partial charge in [0.05, 0.1) is 7.11 Å². The van der Waals surface area contributed by atoms with Crippen molar-refractivity contribution in [1.82, 2.24) is 0 Å². The number of aliphatic hydroxyl groups is 3. The molecule has 2 heterocycles. The lowest BCUT2D eigenvalue weighted by Gasteiger charge is -2.38. The van der Waals surface area contributed by atoms with Crippen LogP contribution in [0.15, 0.2) is 39.5 Å². The van der Waals surface area contributed by atoms with Gasteiger partial charge in [0.2, 0.25) is 17.5 Å². The molecule has 0 aliphatic carbocycles. The predicted molar refractivity (Wildman–Crippen MR) is 114 cm³/mol. The summed E-state index contributed by atoms with van der Waals surface area (Å²) >= 11 is 0. The summed E-state index contributed by atoms with van der Waals surface area (Å²) in [5.74, 6) is -4.16. The minimum Gasteiger partial charge on any atom is -0.508 e. The highest BCUT2D eigenvalue weighted by Gasteiger charge is 2.48. The summed E-state index contributed by atoms with van der Waals surface area (Å²) in [5, 5.41) is 68.9. The van der Waals surface area contributed by atoms with E-state index < -0.39 is 59.4 Å². The van der Waals surface area contributed by atoms with Crippen LogP contribution in [0.1, 0.15) is 0 Å². The molecule has 0 amide bonds. The third kappa shape index (κ3) is 4.17. The maximum Gasteiger partial charge on any atom is 0.335 e. The summed E-state index contributed by atoms with van der Waals surface area (Å²) in [6.45, 7) is 0. The van der Waals surface area contributed by atoms with Crippen molar-refractivity contribution in [1.29, 1.82) is 0 Å². The molecule has 3 aromatic rings. The summed E-state index contributed by atoms with van der Waals surface area (Å²) in [6.07, 6.45) is -9.94. The van der Waals surface area contributed by atoms with Crippen LogP contribution in [-0.2, 0) is 9.53 Å².